The average molecular weight is 597 g/mol. The monoisotopic (exact) mass is 596 g/mol. The molecule has 4 aromatic rings. The van der Waals surface area contributed by atoms with Crippen molar-refractivity contribution in [1.82, 2.24) is 4.57 Å². The van der Waals surface area contributed by atoms with E-state index in [0.717, 1.165) is 22.4 Å². The first-order chi connectivity index (χ1) is 20.8. The summed E-state index contributed by atoms with van der Waals surface area (Å²) in [4.78, 5) is 31.9. The van der Waals surface area contributed by atoms with E-state index in [4.69, 9.17) is 14.2 Å². The largest absolute Gasteiger partial charge is 0.490 e. The van der Waals surface area contributed by atoms with Gasteiger partial charge in [-0.3, -0.25) is 9.36 Å². The maximum Gasteiger partial charge on any atom is 0.338 e. The summed E-state index contributed by atoms with van der Waals surface area (Å²) in [5, 5.41) is 0. The zero-order valence-electron chi connectivity index (χ0n) is 25.1. The van der Waals surface area contributed by atoms with Crippen LogP contribution in [0.15, 0.2) is 93.9 Å². The molecule has 0 fully saturated rings. The van der Waals surface area contributed by atoms with Crippen LogP contribution in [-0.2, 0) is 9.53 Å². The van der Waals surface area contributed by atoms with E-state index >= 15 is 0 Å². The van der Waals surface area contributed by atoms with Crippen LogP contribution in [-0.4, -0.2) is 30.4 Å². The number of benzene rings is 3. The minimum absolute atomic E-state index is 0.207. The third-order valence-corrected chi connectivity index (χ3v) is 8.19. The van der Waals surface area contributed by atoms with Crippen LogP contribution in [0.1, 0.15) is 61.9 Å². The van der Waals surface area contributed by atoms with Crippen molar-refractivity contribution in [3.63, 3.8) is 0 Å². The molecule has 222 valence electrons. The second kappa shape index (κ2) is 13.3. The van der Waals surface area contributed by atoms with Crippen molar-refractivity contribution in [2.24, 2.45) is 4.99 Å². The van der Waals surface area contributed by atoms with Gasteiger partial charge in [-0.25, -0.2) is 9.79 Å². The molecule has 0 unspecified atom stereocenters. The number of hydrogen-bond acceptors (Lipinski definition) is 7. The van der Waals surface area contributed by atoms with Gasteiger partial charge in [0.2, 0.25) is 0 Å². The van der Waals surface area contributed by atoms with Gasteiger partial charge in [-0.05, 0) is 73.2 Å². The van der Waals surface area contributed by atoms with E-state index in [2.05, 4.69) is 44.0 Å². The molecule has 7 nitrogen and oxygen atoms in total. The standard InChI is InChI=1S/C35H36N2O5S/c1-6-40-34(39)31-24(5)36-35-37(32(31)26-10-8-7-9-11-26)33(38)30(43-35)21-25-13-15-27(16-14-25)41-18-19-42-29-20-23(4)12-17-28(29)22(2)3/h7-17,20-22,32H,6,18-19H2,1-5H3/b30-21+/t32-/m0/s1. The number of fused-ring (bicyclic) bond motifs is 1. The van der Waals surface area contributed by atoms with E-state index in [-0.39, 0.29) is 12.2 Å². The first-order valence-corrected chi connectivity index (χ1v) is 15.3. The molecule has 3 aromatic carbocycles. The Morgan fingerprint density at radius 1 is 1.00 bits per heavy atom. The molecular weight excluding hydrogens is 560 g/mol. The lowest BCUT2D eigenvalue weighted by molar-refractivity contribution is -0.139. The van der Waals surface area contributed by atoms with Gasteiger partial charge in [0.25, 0.3) is 5.56 Å². The Morgan fingerprint density at radius 2 is 1.72 bits per heavy atom. The first-order valence-electron chi connectivity index (χ1n) is 14.5. The number of allylic oxidation sites excluding steroid dienone is 1. The highest BCUT2D eigenvalue weighted by Gasteiger charge is 2.33. The third-order valence-electron chi connectivity index (χ3n) is 7.21. The predicted molar refractivity (Wildman–Crippen MR) is 170 cm³/mol. The molecule has 0 aliphatic carbocycles. The second-order valence-corrected chi connectivity index (χ2v) is 11.7. The zero-order valence-corrected chi connectivity index (χ0v) is 25.9. The molecule has 8 heteroatoms. The quantitative estimate of drug-likeness (QED) is 0.174. The molecule has 0 saturated heterocycles. The molecule has 0 saturated carbocycles. The molecular formula is C35H36N2O5S. The zero-order chi connectivity index (χ0) is 30.5. The van der Waals surface area contributed by atoms with Crippen LogP contribution in [0.3, 0.4) is 0 Å². The number of carbonyl (C=O) groups is 1. The average Bonchev–Trinajstić information content (AvgIpc) is 3.29. The molecule has 0 radical (unpaired) electrons. The maximum atomic E-state index is 13.7. The van der Waals surface area contributed by atoms with Crippen molar-refractivity contribution >= 4 is 23.4 Å². The molecule has 5 rings (SSSR count). The van der Waals surface area contributed by atoms with Crippen LogP contribution in [0.5, 0.6) is 11.5 Å². The molecule has 0 spiro atoms. The first kappa shape index (κ1) is 30.0. The highest BCUT2D eigenvalue weighted by atomic mass is 32.1. The summed E-state index contributed by atoms with van der Waals surface area (Å²) in [5.74, 6) is 1.52. The summed E-state index contributed by atoms with van der Waals surface area (Å²) < 4.78 is 19.4. The lowest BCUT2D eigenvalue weighted by Crippen LogP contribution is -2.39. The summed E-state index contributed by atoms with van der Waals surface area (Å²) in [5.41, 5.74) is 4.74. The number of thiazole rings is 1. The third kappa shape index (κ3) is 6.65. The van der Waals surface area contributed by atoms with Gasteiger partial charge >= 0.3 is 5.97 Å². The van der Waals surface area contributed by atoms with E-state index in [1.54, 1.807) is 18.4 Å². The number of nitrogens with zero attached hydrogens (tertiary/aromatic N) is 2. The Bertz CT molecular complexity index is 1820. The number of esters is 1. The Balaban J connectivity index is 1.34. The van der Waals surface area contributed by atoms with Crippen LogP contribution in [0.2, 0.25) is 0 Å². The van der Waals surface area contributed by atoms with Crippen molar-refractivity contribution in [3.05, 3.63) is 126 Å². The van der Waals surface area contributed by atoms with Crippen molar-refractivity contribution in [2.45, 2.75) is 46.6 Å². The van der Waals surface area contributed by atoms with Crippen LogP contribution in [0, 0.1) is 6.92 Å². The van der Waals surface area contributed by atoms with Gasteiger partial charge in [-0.2, -0.15) is 0 Å². The van der Waals surface area contributed by atoms with Crippen molar-refractivity contribution < 1.29 is 19.0 Å². The minimum atomic E-state index is -0.618. The van der Waals surface area contributed by atoms with Crippen LogP contribution < -0.4 is 24.4 Å². The van der Waals surface area contributed by atoms with Gasteiger partial charge in [0.05, 0.1) is 28.5 Å². The van der Waals surface area contributed by atoms with Gasteiger partial charge in [-0.1, -0.05) is 79.8 Å². The summed E-state index contributed by atoms with van der Waals surface area (Å²) in [6, 6.07) is 22.8. The topological polar surface area (TPSA) is 79.1 Å². The minimum Gasteiger partial charge on any atom is -0.490 e. The Hall–Kier alpha value is -4.43. The molecule has 1 aliphatic rings. The molecule has 1 aliphatic heterocycles. The summed E-state index contributed by atoms with van der Waals surface area (Å²) in [6.45, 7) is 11.0. The SMILES string of the molecule is CCOC(=O)C1=C(C)N=c2s/c(=C/c3ccc(OCCOc4cc(C)ccc4C(C)C)cc3)c(=O)n2[C@H]1c1ccccc1. The highest BCUT2D eigenvalue weighted by molar-refractivity contribution is 7.07. The maximum absolute atomic E-state index is 13.7. The normalized spacial score (nSPS) is 14.8. The van der Waals surface area contributed by atoms with Crippen molar-refractivity contribution in [3.8, 4) is 11.5 Å². The Kier molecular flexibility index (Phi) is 9.26. The number of rotatable bonds is 10. The fourth-order valence-corrected chi connectivity index (χ4v) is 6.16. The van der Waals surface area contributed by atoms with Gasteiger partial charge in [0, 0.05) is 0 Å². The second-order valence-electron chi connectivity index (χ2n) is 10.7. The number of carbonyl (C=O) groups excluding carboxylic acids is 1. The smallest absolute Gasteiger partial charge is 0.338 e. The van der Waals surface area contributed by atoms with Crippen LogP contribution >= 0.6 is 11.3 Å². The lowest BCUT2D eigenvalue weighted by Gasteiger charge is -2.24. The number of aromatic nitrogens is 1. The lowest BCUT2D eigenvalue weighted by atomic mass is 9.96. The van der Waals surface area contributed by atoms with Gasteiger partial charge in [0.1, 0.15) is 24.7 Å². The number of aryl methyl sites for hydroxylation is 1. The van der Waals surface area contributed by atoms with E-state index < -0.39 is 12.0 Å². The number of hydrogen-bond donors (Lipinski definition) is 0. The number of ether oxygens (including phenoxy) is 3. The van der Waals surface area contributed by atoms with E-state index in [1.807, 2.05) is 60.7 Å². The Morgan fingerprint density at radius 3 is 2.42 bits per heavy atom. The summed E-state index contributed by atoms with van der Waals surface area (Å²) in [6.07, 6.45) is 1.84. The van der Waals surface area contributed by atoms with Gasteiger partial charge in [0.15, 0.2) is 4.80 Å². The molecule has 0 bridgehead atoms. The molecule has 1 atom stereocenters. The van der Waals surface area contributed by atoms with E-state index in [9.17, 15) is 9.59 Å². The van der Waals surface area contributed by atoms with Crippen molar-refractivity contribution in [2.75, 3.05) is 19.8 Å². The van der Waals surface area contributed by atoms with E-state index in [1.165, 1.54) is 16.9 Å². The Labute approximate surface area is 255 Å². The van der Waals surface area contributed by atoms with Crippen LogP contribution in [0.4, 0.5) is 0 Å². The fraction of sp³-hybridized carbons (Fsp3) is 0.286. The summed E-state index contributed by atoms with van der Waals surface area (Å²) >= 11 is 1.30. The predicted octanol–water partition coefficient (Wildman–Crippen LogP) is 5.69. The van der Waals surface area contributed by atoms with Crippen molar-refractivity contribution in [1.29, 1.82) is 0 Å². The molecule has 2 heterocycles. The molecule has 43 heavy (non-hydrogen) atoms. The fourth-order valence-electron chi connectivity index (χ4n) is 5.11. The van der Waals surface area contributed by atoms with E-state index in [0.29, 0.717) is 45.5 Å². The van der Waals surface area contributed by atoms with Crippen LogP contribution in [0.25, 0.3) is 6.08 Å². The molecule has 0 N–H and O–H groups in total. The molecule has 1 aromatic heterocycles. The van der Waals surface area contributed by atoms with Gasteiger partial charge in [-0.15, -0.1) is 0 Å². The summed E-state index contributed by atoms with van der Waals surface area (Å²) in [7, 11) is 0. The van der Waals surface area contributed by atoms with Gasteiger partial charge < -0.3 is 14.2 Å². The molecule has 0 amide bonds. The highest BCUT2D eigenvalue weighted by Crippen LogP contribution is 2.31.